The van der Waals surface area contributed by atoms with Crippen molar-refractivity contribution in [1.82, 2.24) is 10.2 Å². The van der Waals surface area contributed by atoms with Crippen LogP contribution in [0.4, 0.5) is 0 Å². The SMILES string of the molecule is CNCCC1CCN(C(=O)CCOc2ccccc2Cl)CC1.Cl. The van der Waals surface area contributed by atoms with E-state index in [1.807, 2.05) is 30.1 Å². The lowest BCUT2D eigenvalue weighted by atomic mass is 9.93. The van der Waals surface area contributed by atoms with Crippen LogP contribution in [-0.2, 0) is 4.79 Å². The maximum atomic E-state index is 12.2. The Morgan fingerprint density at radius 3 is 2.70 bits per heavy atom. The van der Waals surface area contributed by atoms with Crippen LogP contribution < -0.4 is 10.1 Å². The minimum Gasteiger partial charge on any atom is -0.491 e. The second-order valence-corrected chi connectivity index (χ2v) is 6.15. The number of likely N-dealkylation sites (tertiary alicyclic amines) is 1. The third kappa shape index (κ3) is 6.58. The molecule has 1 fully saturated rings. The fourth-order valence-corrected chi connectivity index (χ4v) is 2.98. The fraction of sp³-hybridized carbons (Fsp3) is 0.588. The second kappa shape index (κ2) is 10.7. The van der Waals surface area contributed by atoms with Gasteiger partial charge in [-0.3, -0.25) is 4.79 Å². The van der Waals surface area contributed by atoms with Gasteiger partial charge in [0, 0.05) is 13.1 Å². The molecule has 23 heavy (non-hydrogen) atoms. The van der Waals surface area contributed by atoms with Crippen LogP contribution >= 0.6 is 24.0 Å². The molecule has 6 heteroatoms. The maximum Gasteiger partial charge on any atom is 0.225 e. The molecule has 0 saturated carbocycles. The summed E-state index contributed by atoms with van der Waals surface area (Å²) in [4.78, 5) is 14.2. The van der Waals surface area contributed by atoms with Gasteiger partial charge in [-0.1, -0.05) is 23.7 Å². The minimum atomic E-state index is 0. The average Bonchev–Trinajstić information content (AvgIpc) is 2.55. The van der Waals surface area contributed by atoms with Crippen molar-refractivity contribution in [2.45, 2.75) is 25.7 Å². The van der Waals surface area contributed by atoms with Gasteiger partial charge in [-0.25, -0.2) is 0 Å². The number of halogens is 2. The first-order chi connectivity index (χ1) is 10.7. The molecular formula is C17H26Cl2N2O2. The fourth-order valence-electron chi connectivity index (χ4n) is 2.79. The molecule has 0 unspecified atom stereocenters. The van der Waals surface area contributed by atoms with E-state index >= 15 is 0 Å². The van der Waals surface area contributed by atoms with Crippen molar-refractivity contribution < 1.29 is 9.53 Å². The monoisotopic (exact) mass is 360 g/mol. The molecule has 1 N–H and O–H groups in total. The molecule has 1 aromatic carbocycles. The van der Waals surface area contributed by atoms with Crippen LogP contribution in [0.15, 0.2) is 24.3 Å². The van der Waals surface area contributed by atoms with Gasteiger partial charge in [-0.05, 0) is 50.9 Å². The Kier molecular flexibility index (Phi) is 9.37. The number of nitrogens with zero attached hydrogens (tertiary/aromatic N) is 1. The number of para-hydroxylation sites is 1. The quantitative estimate of drug-likeness (QED) is 0.810. The van der Waals surface area contributed by atoms with Crippen LogP contribution in [0.3, 0.4) is 0 Å². The zero-order chi connectivity index (χ0) is 15.8. The normalized spacial score (nSPS) is 15.1. The molecule has 0 aromatic heterocycles. The molecule has 2 rings (SSSR count). The van der Waals surface area contributed by atoms with Gasteiger partial charge in [0.25, 0.3) is 0 Å². The number of hydrogen-bond acceptors (Lipinski definition) is 3. The maximum absolute atomic E-state index is 12.2. The summed E-state index contributed by atoms with van der Waals surface area (Å²) in [5.74, 6) is 1.57. The van der Waals surface area contributed by atoms with Crippen molar-refractivity contribution in [1.29, 1.82) is 0 Å². The Bertz CT molecular complexity index is 477. The number of benzene rings is 1. The lowest BCUT2D eigenvalue weighted by Gasteiger charge is -2.32. The molecule has 1 aliphatic heterocycles. The van der Waals surface area contributed by atoms with Gasteiger partial charge in [0.05, 0.1) is 18.1 Å². The molecule has 1 aliphatic rings. The molecule has 1 aromatic rings. The predicted octanol–water partition coefficient (Wildman–Crippen LogP) is 3.38. The summed E-state index contributed by atoms with van der Waals surface area (Å²) < 4.78 is 5.58. The molecule has 1 amide bonds. The highest BCUT2D eigenvalue weighted by molar-refractivity contribution is 6.32. The highest BCUT2D eigenvalue weighted by Gasteiger charge is 2.22. The average molecular weight is 361 g/mol. The summed E-state index contributed by atoms with van der Waals surface area (Å²) in [5.41, 5.74) is 0. The lowest BCUT2D eigenvalue weighted by Crippen LogP contribution is -2.39. The number of piperidine rings is 1. The Balaban J connectivity index is 0.00000264. The van der Waals surface area contributed by atoms with E-state index in [9.17, 15) is 4.79 Å². The van der Waals surface area contributed by atoms with Crippen LogP contribution in [0.25, 0.3) is 0 Å². The molecule has 0 radical (unpaired) electrons. The van der Waals surface area contributed by atoms with E-state index in [4.69, 9.17) is 16.3 Å². The molecule has 1 saturated heterocycles. The molecular weight excluding hydrogens is 335 g/mol. The van der Waals surface area contributed by atoms with Gasteiger partial charge in [0.1, 0.15) is 5.75 Å². The third-order valence-electron chi connectivity index (χ3n) is 4.18. The topological polar surface area (TPSA) is 41.6 Å². The minimum absolute atomic E-state index is 0. The number of carbonyl (C=O) groups is 1. The van der Waals surface area contributed by atoms with Gasteiger partial charge < -0.3 is 15.0 Å². The van der Waals surface area contributed by atoms with E-state index in [1.165, 1.54) is 6.42 Å². The second-order valence-electron chi connectivity index (χ2n) is 5.75. The van der Waals surface area contributed by atoms with Gasteiger partial charge >= 0.3 is 0 Å². The number of hydrogen-bond donors (Lipinski definition) is 1. The summed E-state index contributed by atoms with van der Waals surface area (Å²) in [5, 5.41) is 3.77. The predicted molar refractivity (Wildman–Crippen MR) is 96.7 cm³/mol. The zero-order valence-corrected chi connectivity index (χ0v) is 15.2. The Hall–Kier alpha value is -0.970. The largest absolute Gasteiger partial charge is 0.491 e. The highest BCUT2D eigenvalue weighted by Crippen LogP contribution is 2.23. The zero-order valence-electron chi connectivity index (χ0n) is 13.6. The number of carbonyl (C=O) groups excluding carboxylic acids is 1. The molecule has 0 spiro atoms. The molecule has 0 bridgehead atoms. The highest BCUT2D eigenvalue weighted by atomic mass is 35.5. The third-order valence-corrected chi connectivity index (χ3v) is 4.49. The first kappa shape index (κ1) is 20.1. The molecule has 4 nitrogen and oxygen atoms in total. The van der Waals surface area contributed by atoms with Crippen molar-refractivity contribution in [3.63, 3.8) is 0 Å². The van der Waals surface area contributed by atoms with E-state index in [-0.39, 0.29) is 18.3 Å². The van der Waals surface area contributed by atoms with Crippen molar-refractivity contribution in [2.75, 3.05) is 33.3 Å². The van der Waals surface area contributed by atoms with Crippen LogP contribution in [0.2, 0.25) is 5.02 Å². The van der Waals surface area contributed by atoms with E-state index in [2.05, 4.69) is 5.32 Å². The smallest absolute Gasteiger partial charge is 0.225 e. The van der Waals surface area contributed by atoms with Crippen LogP contribution in [-0.4, -0.2) is 44.1 Å². The number of nitrogens with one attached hydrogen (secondary N) is 1. The van der Waals surface area contributed by atoms with Crippen LogP contribution in [0.1, 0.15) is 25.7 Å². The van der Waals surface area contributed by atoms with Gasteiger partial charge in [0.2, 0.25) is 5.91 Å². The molecule has 0 atom stereocenters. The van der Waals surface area contributed by atoms with E-state index in [1.54, 1.807) is 6.07 Å². The summed E-state index contributed by atoms with van der Waals surface area (Å²) in [6.07, 6.45) is 3.83. The van der Waals surface area contributed by atoms with Crippen molar-refractivity contribution in [3.05, 3.63) is 29.3 Å². The standard InChI is InChI=1S/C17H25ClN2O2.ClH/c1-19-10-6-14-7-11-20(12-8-14)17(21)9-13-22-16-5-3-2-4-15(16)18;/h2-5,14,19H,6-13H2,1H3;1H. The van der Waals surface area contributed by atoms with Crippen LogP contribution in [0.5, 0.6) is 5.75 Å². The van der Waals surface area contributed by atoms with Crippen LogP contribution in [0, 0.1) is 5.92 Å². The number of ether oxygens (including phenoxy) is 1. The first-order valence-corrected chi connectivity index (χ1v) is 8.38. The summed E-state index contributed by atoms with van der Waals surface area (Å²) in [6, 6.07) is 7.34. The molecule has 130 valence electrons. The summed E-state index contributed by atoms with van der Waals surface area (Å²) in [7, 11) is 1.98. The molecule has 1 heterocycles. The molecule has 0 aliphatic carbocycles. The van der Waals surface area contributed by atoms with Gasteiger partial charge in [-0.15, -0.1) is 12.4 Å². The van der Waals surface area contributed by atoms with Crippen molar-refractivity contribution in [2.24, 2.45) is 5.92 Å². The number of amides is 1. The Labute approximate surface area is 149 Å². The summed E-state index contributed by atoms with van der Waals surface area (Å²) >= 11 is 6.02. The van der Waals surface area contributed by atoms with Gasteiger partial charge in [-0.2, -0.15) is 0 Å². The number of rotatable bonds is 7. The summed E-state index contributed by atoms with van der Waals surface area (Å²) in [6.45, 7) is 3.19. The van der Waals surface area contributed by atoms with E-state index in [0.717, 1.165) is 38.4 Å². The lowest BCUT2D eigenvalue weighted by molar-refractivity contribution is -0.133. The van der Waals surface area contributed by atoms with Crippen molar-refractivity contribution >= 4 is 29.9 Å². The van der Waals surface area contributed by atoms with Gasteiger partial charge in [0.15, 0.2) is 0 Å². The van der Waals surface area contributed by atoms with Crippen molar-refractivity contribution in [3.8, 4) is 5.75 Å². The first-order valence-electron chi connectivity index (χ1n) is 8.00. The Morgan fingerprint density at radius 1 is 1.35 bits per heavy atom. The van der Waals surface area contributed by atoms with E-state index < -0.39 is 0 Å². The Morgan fingerprint density at radius 2 is 2.04 bits per heavy atom. The van der Waals surface area contributed by atoms with E-state index in [0.29, 0.717) is 23.8 Å².